The number of hydrogen-bond acceptors (Lipinski definition) is 2. The van der Waals surface area contributed by atoms with Crippen LogP contribution >= 0.6 is 0 Å². The number of morpholine rings is 1. The minimum absolute atomic E-state index is 0.0729. The van der Waals surface area contributed by atoms with Crippen LogP contribution in [-0.2, 0) is 11.2 Å². The van der Waals surface area contributed by atoms with Crippen LogP contribution in [0, 0.1) is 0 Å². The molecule has 1 aliphatic heterocycles. The van der Waals surface area contributed by atoms with Crippen molar-refractivity contribution < 1.29 is 9.13 Å². The Kier molecular flexibility index (Phi) is 3.91. The van der Waals surface area contributed by atoms with Gasteiger partial charge >= 0.3 is 0 Å². The average Bonchev–Trinajstić information content (AvgIpc) is 2.30. The van der Waals surface area contributed by atoms with Crippen LogP contribution in [0.3, 0.4) is 0 Å². The minimum atomic E-state index is -0.808. The predicted octanol–water partition coefficient (Wildman–Crippen LogP) is 2.25. The minimum Gasteiger partial charge on any atom is -0.371 e. The van der Waals surface area contributed by atoms with Crippen molar-refractivity contribution in [3.8, 4) is 0 Å². The highest BCUT2D eigenvalue weighted by Crippen LogP contribution is 2.23. The van der Waals surface area contributed by atoms with Crippen molar-refractivity contribution in [3.05, 3.63) is 35.4 Å². The molecule has 0 aromatic heterocycles. The molecule has 1 aromatic carbocycles. The van der Waals surface area contributed by atoms with E-state index in [1.54, 1.807) is 6.92 Å². The normalized spacial score (nSPS) is 23.0. The Morgan fingerprint density at radius 2 is 2.31 bits per heavy atom. The number of ether oxygens (including phenoxy) is 1. The molecule has 0 amide bonds. The predicted molar refractivity (Wildman–Crippen MR) is 62.3 cm³/mol. The van der Waals surface area contributed by atoms with Gasteiger partial charge in [-0.15, -0.1) is 0 Å². The summed E-state index contributed by atoms with van der Waals surface area (Å²) in [5.74, 6) is 0. The highest BCUT2D eigenvalue weighted by molar-refractivity contribution is 5.30. The lowest BCUT2D eigenvalue weighted by molar-refractivity contribution is 0.0270. The molecule has 2 atom stereocenters. The number of hydrogen-bond donors (Lipinski definition) is 1. The first-order chi connectivity index (χ1) is 7.77. The molecule has 88 valence electrons. The highest BCUT2D eigenvalue weighted by atomic mass is 19.1. The van der Waals surface area contributed by atoms with Gasteiger partial charge in [0.15, 0.2) is 0 Å². The van der Waals surface area contributed by atoms with Crippen molar-refractivity contribution in [2.75, 3.05) is 19.7 Å². The third-order valence-electron chi connectivity index (χ3n) is 2.83. The zero-order chi connectivity index (χ0) is 11.4. The van der Waals surface area contributed by atoms with E-state index in [1.165, 1.54) is 0 Å². The molecule has 1 heterocycles. The average molecular weight is 223 g/mol. The lowest BCUT2D eigenvalue weighted by Crippen LogP contribution is -2.33. The quantitative estimate of drug-likeness (QED) is 0.848. The molecule has 1 aromatic rings. The van der Waals surface area contributed by atoms with Crippen molar-refractivity contribution >= 4 is 0 Å². The molecule has 2 nitrogen and oxygen atoms in total. The molecule has 0 bridgehead atoms. The van der Waals surface area contributed by atoms with Crippen LogP contribution in [0.1, 0.15) is 24.2 Å². The van der Waals surface area contributed by atoms with Gasteiger partial charge in [-0.1, -0.05) is 24.3 Å². The summed E-state index contributed by atoms with van der Waals surface area (Å²) in [5, 5.41) is 3.30. The molecule has 16 heavy (non-hydrogen) atoms. The third kappa shape index (κ3) is 2.80. The topological polar surface area (TPSA) is 21.3 Å². The largest absolute Gasteiger partial charge is 0.371 e. The molecule has 2 rings (SSSR count). The molecule has 3 heteroatoms. The maximum absolute atomic E-state index is 13.1. The van der Waals surface area contributed by atoms with E-state index in [4.69, 9.17) is 4.74 Å². The van der Waals surface area contributed by atoms with Crippen molar-refractivity contribution in [1.29, 1.82) is 0 Å². The molecule has 1 N–H and O–H groups in total. The van der Waals surface area contributed by atoms with Gasteiger partial charge in [0.25, 0.3) is 0 Å². The molecular formula is C13H18FNO. The number of benzene rings is 1. The van der Waals surface area contributed by atoms with Crippen LogP contribution in [0.5, 0.6) is 0 Å². The van der Waals surface area contributed by atoms with Gasteiger partial charge in [0.05, 0.1) is 12.7 Å². The van der Waals surface area contributed by atoms with Crippen molar-refractivity contribution in [2.45, 2.75) is 25.6 Å². The van der Waals surface area contributed by atoms with E-state index in [9.17, 15) is 4.39 Å². The molecule has 1 aliphatic rings. The monoisotopic (exact) mass is 223 g/mol. The number of rotatable bonds is 3. The molecular weight excluding hydrogens is 205 g/mol. The van der Waals surface area contributed by atoms with Crippen LogP contribution in [0.4, 0.5) is 4.39 Å². The molecule has 1 fully saturated rings. The van der Waals surface area contributed by atoms with Crippen molar-refractivity contribution in [3.63, 3.8) is 0 Å². The molecule has 0 spiro atoms. The highest BCUT2D eigenvalue weighted by Gasteiger charge is 2.18. The number of alkyl halides is 1. The Balaban J connectivity index is 2.17. The van der Waals surface area contributed by atoms with Crippen molar-refractivity contribution in [2.24, 2.45) is 0 Å². The van der Waals surface area contributed by atoms with Crippen LogP contribution in [0.2, 0.25) is 0 Å². The molecule has 0 saturated carbocycles. The maximum atomic E-state index is 13.1. The smallest absolute Gasteiger partial charge is 0.101 e. The van der Waals surface area contributed by atoms with Crippen LogP contribution in [0.15, 0.2) is 24.3 Å². The van der Waals surface area contributed by atoms with Gasteiger partial charge in [-0.2, -0.15) is 0 Å². The van der Waals surface area contributed by atoms with E-state index >= 15 is 0 Å². The van der Waals surface area contributed by atoms with E-state index in [0.29, 0.717) is 6.42 Å². The Morgan fingerprint density at radius 1 is 1.50 bits per heavy atom. The first-order valence-corrected chi connectivity index (χ1v) is 5.81. The standard InChI is InChI=1S/C13H18FNO/c1-10(14)8-11-4-2-3-5-12(11)13-9-15-6-7-16-13/h2-5,10,13,15H,6-9H2,1H3. The van der Waals surface area contributed by atoms with Gasteiger partial charge in [0, 0.05) is 19.5 Å². The van der Waals surface area contributed by atoms with Crippen LogP contribution in [0.25, 0.3) is 0 Å². The molecule has 1 saturated heterocycles. The van der Waals surface area contributed by atoms with E-state index < -0.39 is 6.17 Å². The molecule has 0 radical (unpaired) electrons. The second kappa shape index (κ2) is 5.41. The second-order valence-corrected chi connectivity index (χ2v) is 4.25. The van der Waals surface area contributed by atoms with Crippen molar-refractivity contribution in [1.82, 2.24) is 5.32 Å². The first-order valence-electron chi connectivity index (χ1n) is 5.81. The molecule has 0 aliphatic carbocycles. The Labute approximate surface area is 95.8 Å². The van der Waals surface area contributed by atoms with E-state index in [2.05, 4.69) is 5.32 Å². The fourth-order valence-electron chi connectivity index (χ4n) is 2.10. The summed E-state index contributed by atoms with van der Waals surface area (Å²) < 4.78 is 18.8. The van der Waals surface area contributed by atoms with Gasteiger partial charge in [-0.25, -0.2) is 4.39 Å². The summed E-state index contributed by atoms with van der Waals surface area (Å²) >= 11 is 0. The van der Waals surface area contributed by atoms with Gasteiger partial charge in [-0.3, -0.25) is 0 Å². The van der Waals surface area contributed by atoms with Gasteiger partial charge < -0.3 is 10.1 Å². The third-order valence-corrected chi connectivity index (χ3v) is 2.83. The number of nitrogens with one attached hydrogen (secondary N) is 1. The summed E-state index contributed by atoms with van der Waals surface area (Å²) in [5.41, 5.74) is 2.19. The van der Waals surface area contributed by atoms with E-state index in [-0.39, 0.29) is 6.10 Å². The Bertz CT molecular complexity index is 334. The zero-order valence-corrected chi connectivity index (χ0v) is 9.58. The first kappa shape index (κ1) is 11.6. The van der Waals surface area contributed by atoms with Crippen LogP contribution < -0.4 is 5.32 Å². The van der Waals surface area contributed by atoms with Gasteiger partial charge in [0.1, 0.15) is 6.17 Å². The fourth-order valence-corrected chi connectivity index (χ4v) is 2.10. The maximum Gasteiger partial charge on any atom is 0.101 e. The lowest BCUT2D eigenvalue weighted by atomic mass is 9.98. The fraction of sp³-hybridized carbons (Fsp3) is 0.538. The zero-order valence-electron chi connectivity index (χ0n) is 9.58. The Morgan fingerprint density at radius 3 is 3.00 bits per heavy atom. The summed E-state index contributed by atoms with van der Waals surface area (Å²) in [6, 6.07) is 7.97. The number of halogens is 1. The summed E-state index contributed by atoms with van der Waals surface area (Å²) in [6.45, 7) is 4.04. The Hall–Kier alpha value is -0.930. The summed E-state index contributed by atoms with van der Waals surface area (Å²) in [7, 11) is 0. The second-order valence-electron chi connectivity index (χ2n) is 4.25. The summed E-state index contributed by atoms with van der Waals surface area (Å²) in [4.78, 5) is 0. The van der Waals surface area contributed by atoms with E-state index in [1.807, 2.05) is 24.3 Å². The SMILES string of the molecule is CC(F)Cc1ccccc1C1CNCCO1. The summed E-state index contributed by atoms with van der Waals surface area (Å²) in [6.07, 6.45) is -0.267. The van der Waals surface area contributed by atoms with Gasteiger partial charge in [0.2, 0.25) is 0 Å². The molecule has 2 unspecified atom stereocenters. The van der Waals surface area contributed by atoms with Gasteiger partial charge in [-0.05, 0) is 18.1 Å². The lowest BCUT2D eigenvalue weighted by Gasteiger charge is -2.26. The van der Waals surface area contributed by atoms with E-state index in [0.717, 1.165) is 30.8 Å². The van der Waals surface area contributed by atoms with Crippen LogP contribution in [-0.4, -0.2) is 25.9 Å².